The number of halogens is 1. The maximum absolute atomic E-state index is 12.5. The van der Waals surface area contributed by atoms with Gasteiger partial charge in [-0.3, -0.25) is 0 Å². The van der Waals surface area contributed by atoms with Gasteiger partial charge >= 0.3 is 163 Å². The summed E-state index contributed by atoms with van der Waals surface area (Å²) in [6.07, 6.45) is -0.0971. The molecule has 0 aliphatic rings. The van der Waals surface area contributed by atoms with Crippen molar-refractivity contribution in [3.8, 4) is 0 Å². The van der Waals surface area contributed by atoms with Gasteiger partial charge in [0.25, 0.3) is 0 Å². The number of ketones is 1. The summed E-state index contributed by atoms with van der Waals surface area (Å²) in [4.78, 5) is 36.2. The first-order valence-electron chi connectivity index (χ1n) is 7.77. The number of Topliss-reactive ketones (excluding diaryl/α,β-unsaturated/α-hetero) is 1. The quantitative estimate of drug-likeness (QED) is 0.466. The van der Waals surface area contributed by atoms with Crippen LogP contribution in [0.5, 0.6) is 0 Å². The summed E-state index contributed by atoms with van der Waals surface area (Å²) in [5.74, 6) is -1.41. The van der Waals surface area contributed by atoms with Crippen LogP contribution in [0.4, 0.5) is 0 Å². The van der Waals surface area contributed by atoms with E-state index >= 15 is 0 Å². The fraction of sp³-hybridized carbons (Fsp3) is 0.211. The zero-order valence-corrected chi connectivity index (χ0v) is 16.5. The fourth-order valence-corrected chi connectivity index (χ4v) is 4.18. The van der Waals surface area contributed by atoms with Gasteiger partial charge < -0.3 is 0 Å². The van der Waals surface area contributed by atoms with Crippen LogP contribution >= 0.6 is 11.6 Å². The Bertz CT molecular complexity index is 779. The number of ether oxygens (including phenoxy) is 2. The minimum atomic E-state index is -0.930. The van der Waals surface area contributed by atoms with Gasteiger partial charge in [0.2, 0.25) is 0 Å². The Balaban J connectivity index is 2.12. The van der Waals surface area contributed by atoms with Crippen molar-refractivity contribution in [2.45, 2.75) is 17.8 Å². The van der Waals surface area contributed by atoms with Crippen LogP contribution in [0.15, 0.2) is 54.6 Å². The molecule has 0 radical (unpaired) electrons. The van der Waals surface area contributed by atoms with E-state index in [4.69, 9.17) is 16.3 Å². The van der Waals surface area contributed by atoms with Crippen molar-refractivity contribution in [3.05, 3.63) is 65.2 Å². The Morgan fingerprint density at radius 1 is 1.04 bits per heavy atom. The Hall–Kier alpha value is -2.14. The molecule has 5 nitrogen and oxygen atoms in total. The summed E-state index contributed by atoms with van der Waals surface area (Å²) >= 11 is 5.47. The number of carbonyl (C=O) groups is 3. The number of hydrogen-bond acceptors (Lipinski definition) is 5. The molecule has 136 valence electrons. The van der Waals surface area contributed by atoms with E-state index in [2.05, 4.69) is 4.74 Å². The van der Waals surface area contributed by atoms with Gasteiger partial charge in [-0.15, -0.1) is 0 Å². The van der Waals surface area contributed by atoms with E-state index in [9.17, 15) is 14.4 Å². The van der Waals surface area contributed by atoms with Crippen molar-refractivity contribution in [2.75, 3.05) is 7.11 Å². The summed E-state index contributed by atoms with van der Waals surface area (Å²) in [7, 11) is 1.26. The number of benzene rings is 2. The number of esters is 2. The molecule has 0 N–H and O–H groups in total. The van der Waals surface area contributed by atoms with Crippen molar-refractivity contribution in [1.82, 2.24) is 0 Å². The average Bonchev–Trinajstić information content (AvgIpc) is 2.66. The van der Waals surface area contributed by atoms with Crippen LogP contribution < -0.4 is 4.46 Å². The summed E-state index contributed by atoms with van der Waals surface area (Å²) in [6.45, 7) is 0. The Labute approximate surface area is 162 Å². The van der Waals surface area contributed by atoms with E-state index < -0.39 is 31.9 Å². The standard InChI is InChI=1S/C19H17ClO5Se/c1-24-17(22)11-10-16(21)19(26-15-8-3-2-4-9-15)25-18(23)13-6-5-7-14(20)12-13/h2-9,12,19H,10-11H2,1H3. The molecule has 0 aliphatic carbocycles. The molecule has 0 bridgehead atoms. The third kappa shape index (κ3) is 6.30. The predicted molar refractivity (Wildman–Crippen MR) is 98.7 cm³/mol. The third-order valence-electron chi connectivity index (χ3n) is 3.33. The molecular formula is C19H17ClO5Se. The molecule has 0 amide bonds. The van der Waals surface area contributed by atoms with Crippen LogP contribution in [-0.2, 0) is 19.1 Å². The summed E-state index contributed by atoms with van der Waals surface area (Å²) in [5, 5.41) is -0.525. The van der Waals surface area contributed by atoms with Gasteiger partial charge in [0.1, 0.15) is 0 Å². The molecule has 2 aromatic rings. The SMILES string of the molecule is COC(=O)CCC(=O)C(OC(=O)c1cccc(Cl)c1)[Se]c1ccccc1. The van der Waals surface area contributed by atoms with Gasteiger partial charge in [0.15, 0.2) is 0 Å². The van der Waals surface area contributed by atoms with Gasteiger partial charge in [-0.2, -0.15) is 0 Å². The van der Waals surface area contributed by atoms with E-state index in [1.165, 1.54) is 13.2 Å². The van der Waals surface area contributed by atoms with Crippen LogP contribution in [0.3, 0.4) is 0 Å². The second-order valence-corrected chi connectivity index (χ2v) is 8.04. The molecule has 2 aromatic carbocycles. The van der Waals surface area contributed by atoms with Crippen LogP contribution in [0, 0.1) is 0 Å². The van der Waals surface area contributed by atoms with E-state index in [1.54, 1.807) is 18.2 Å². The second kappa shape index (κ2) is 10.1. The Morgan fingerprint density at radius 2 is 1.77 bits per heavy atom. The van der Waals surface area contributed by atoms with Crippen molar-refractivity contribution in [3.63, 3.8) is 0 Å². The predicted octanol–water partition coefficient (Wildman–Crippen LogP) is 2.37. The van der Waals surface area contributed by atoms with Crippen LogP contribution in [-0.4, -0.2) is 44.8 Å². The summed E-state index contributed by atoms with van der Waals surface area (Å²) in [5.41, 5.74) is 0.270. The number of methoxy groups -OCH3 is 1. The van der Waals surface area contributed by atoms with E-state index in [0.29, 0.717) is 5.02 Å². The van der Waals surface area contributed by atoms with E-state index in [0.717, 1.165) is 4.46 Å². The molecule has 26 heavy (non-hydrogen) atoms. The topological polar surface area (TPSA) is 69.7 Å². The van der Waals surface area contributed by atoms with Gasteiger partial charge in [0.05, 0.1) is 0 Å². The first kappa shape index (κ1) is 20.2. The van der Waals surface area contributed by atoms with Crippen molar-refractivity contribution in [1.29, 1.82) is 0 Å². The maximum atomic E-state index is 12.5. The number of carbonyl (C=O) groups excluding carboxylic acids is 3. The molecule has 0 heterocycles. The monoisotopic (exact) mass is 440 g/mol. The van der Waals surface area contributed by atoms with Crippen molar-refractivity contribution < 1.29 is 23.9 Å². The van der Waals surface area contributed by atoms with Crippen molar-refractivity contribution in [2.24, 2.45) is 0 Å². The van der Waals surface area contributed by atoms with Crippen LogP contribution in [0.1, 0.15) is 23.2 Å². The van der Waals surface area contributed by atoms with Gasteiger partial charge in [-0.1, -0.05) is 0 Å². The van der Waals surface area contributed by atoms with Crippen LogP contribution in [0.25, 0.3) is 0 Å². The van der Waals surface area contributed by atoms with Crippen LogP contribution in [0.2, 0.25) is 5.02 Å². The van der Waals surface area contributed by atoms with Gasteiger partial charge in [0, 0.05) is 0 Å². The number of rotatable bonds is 8. The first-order chi connectivity index (χ1) is 12.5. The van der Waals surface area contributed by atoms with E-state index in [-0.39, 0.29) is 24.2 Å². The molecule has 0 spiro atoms. The molecule has 0 saturated carbocycles. The Kier molecular flexibility index (Phi) is 7.85. The third-order valence-corrected chi connectivity index (χ3v) is 5.91. The molecule has 0 saturated heterocycles. The van der Waals surface area contributed by atoms with Crippen molar-refractivity contribution >= 4 is 48.7 Å². The summed E-state index contributed by atoms with van der Waals surface area (Å²) in [6, 6.07) is 15.6. The normalized spacial score (nSPS) is 11.5. The number of hydrogen-bond donors (Lipinski definition) is 0. The minimum absolute atomic E-state index is 0.0469. The average molecular weight is 440 g/mol. The van der Waals surface area contributed by atoms with Gasteiger partial charge in [-0.25, -0.2) is 0 Å². The molecule has 0 aliphatic heterocycles. The zero-order chi connectivity index (χ0) is 18.9. The molecule has 0 fully saturated rings. The second-order valence-electron chi connectivity index (χ2n) is 5.22. The van der Waals surface area contributed by atoms with E-state index in [1.807, 2.05) is 30.3 Å². The molecule has 1 atom stereocenters. The Morgan fingerprint density at radius 3 is 2.42 bits per heavy atom. The molecular weight excluding hydrogens is 423 g/mol. The molecule has 2 rings (SSSR count). The first-order valence-corrected chi connectivity index (χ1v) is 9.99. The molecule has 0 aromatic heterocycles. The summed E-state index contributed by atoms with van der Waals surface area (Å²) < 4.78 is 10.9. The molecule has 7 heteroatoms. The van der Waals surface area contributed by atoms with Gasteiger partial charge in [-0.05, 0) is 0 Å². The zero-order valence-electron chi connectivity index (χ0n) is 14.0. The molecule has 1 unspecified atom stereocenters. The fourth-order valence-electron chi connectivity index (χ4n) is 2.00.